The van der Waals surface area contributed by atoms with Gasteiger partial charge in [0.05, 0.1) is 18.7 Å². The molecule has 1 aromatic rings. The molecule has 1 amide bonds. The standard InChI is InChI=1S/C17H27N3O2/c1-2-3-4-6-16(21)9-7-15-8-10-17(22)20(15)14-13-19-12-5-11-18-19/h5,7,9,11-12,15-16,21H,2-4,6,8,10,13-14H2,1H3/b9-7+/t15-,16?/m0/s1. The molecule has 0 aliphatic carbocycles. The summed E-state index contributed by atoms with van der Waals surface area (Å²) in [7, 11) is 0. The molecule has 1 aliphatic heterocycles. The molecule has 2 heterocycles. The Morgan fingerprint density at radius 1 is 1.45 bits per heavy atom. The normalized spacial score (nSPS) is 20.2. The molecule has 0 spiro atoms. The molecule has 0 radical (unpaired) electrons. The van der Waals surface area contributed by atoms with Gasteiger partial charge in [0.25, 0.3) is 0 Å². The van der Waals surface area contributed by atoms with Gasteiger partial charge < -0.3 is 10.0 Å². The van der Waals surface area contributed by atoms with Gasteiger partial charge in [-0.2, -0.15) is 5.10 Å². The first-order valence-electron chi connectivity index (χ1n) is 8.34. The molecule has 1 aromatic heterocycles. The van der Waals surface area contributed by atoms with Gasteiger partial charge in [0.2, 0.25) is 5.91 Å². The van der Waals surface area contributed by atoms with Gasteiger partial charge in [-0.25, -0.2) is 0 Å². The number of carbonyl (C=O) groups excluding carboxylic acids is 1. The van der Waals surface area contributed by atoms with Crippen LogP contribution in [0.25, 0.3) is 0 Å². The summed E-state index contributed by atoms with van der Waals surface area (Å²) in [6.45, 7) is 3.54. The van der Waals surface area contributed by atoms with Crippen LogP contribution in [0, 0.1) is 0 Å². The molecule has 0 saturated carbocycles. The van der Waals surface area contributed by atoms with E-state index in [4.69, 9.17) is 0 Å². The highest BCUT2D eigenvalue weighted by Crippen LogP contribution is 2.20. The van der Waals surface area contributed by atoms with E-state index in [2.05, 4.69) is 12.0 Å². The van der Waals surface area contributed by atoms with Crippen molar-refractivity contribution < 1.29 is 9.90 Å². The molecule has 122 valence electrons. The number of unbranched alkanes of at least 4 members (excludes halogenated alkanes) is 2. The highest BCUT2D eigenvalue weighted by Gasteiger charge is 2.28. The average Bonchev–Trinajstić information content (AvgIpc) is 3.13. The zero-order valence-corrected chi connectivity index (χ0v) is 13.4. The Balaban J connectivity index is 1.81. The highest BCUT2D eigenvalue weighted by atomic mass is 16.3. The molecule has 1 aliphatic rings. The molecular weight excluding hydrogens is 278 g/mol. The lowest BCUT2D eigenvalue weighted by Crippen LogP contribution is -2.34. The lowest BCUT2D eigenvalue weighted by atomic mass is 10.1. The molecule has 1 saturated heterocycles. The van der Waals surface area contributed by atoms with E-state index < -0.39 is 6.10 Å². The third-order valence-corrected chi connectivity index (χ3v) is 4.16. The van der Waals surface area contributed by atoms with E-state index in [1.807, 2.05) is 34.0 Å². The maximum absolute atomic E-state index is 12.0. The predicted octanol–water partition coefficient (Wildman–Crippen LogP) is 2.37. The summed E-state index contributed by atoms with van der Waals surface area (Å²) in [6.07, 6.45) is 12.7. The number of aromatic nitrogens is 2. The number of hydrogen-bond donors (Lipinski definition) is 1. The average molecular weight is 305 g/mol. The van der Waals surface area contributed by atoms with Crippen molar-refractivity contribution in [2.24, 2.45) is 0 Å². The number of rotatable bonds is 9. The minimum absolute atomic E-state index is 0.115. The molecule has 0 bridgehead atoms. The summed E-state index contributed by atoms with van der Waals surface area (Å²) in [6, 6.07) is 2.00. The smallest absolute Gasteiger partial charge is 0.223 e. The number of nitrogens with zero attached hydrogens (tertiary/aromatic N) is 3. The molecule has 2 rings (SSSR count). The fraction of sp³-hybridized carbons (Fsp3) is 0.647. The van der Waals surface area contributed by atoms with Crippen LogP contribution < -0.4 is 0 Å². The minimum Gasteiger partial charge on any atom is -0.389 e. The Morgan fingerprint density at radius 3 is 3.05 bits per heavy atom. The van der Waals surface area contributed by atoms with Crippen LogP contribution in [0.4, 0.5) is 0 Å². The van der Waals surface area contributed by atoms with Crippen molar-refractivity contribution in [1.82, 2.24) is 14.7 Å². The fourth-order valence-corrected chi connectivity index (χ4v) is 2.85. The van der Waals surface area contributed by atoms with Crippen molar-refractivity contribution in [3.63, 3.8) is 0 Å². The van der Waals surface area contributed by atoms with E-state index in [-0.39, 0.29) is 11.9 Å². The lowest BCUT2D eigenvalue weighted by molar-refractivity contribution is -0.128. The first-order valence-corrected chi connectivity index (χ1v) is 8.34. The topological polar surface area (TPSA) is 58.4 Å². The first kappa shape index (κ1) is 16.7. The van der Waals surface area contributed by atoms with Crippen molar-refractivity contribution in [3.05, 3.63) is 30.6 Å². The van der Waals surface area contributed by atoms with E-state index in [1.165, 1.54) is 0 Å². The second-order valence-corrected chi connectivity index (χ2v) is 5.91. The lowest BCUT2D eigenvalue weighted by Gasteiger charge is -2.22. The van der Waals surface area contributed by atoms with Crippen LogP contribution in [-0.2, 0) is 11.3 Å². The van der Waals surface area contributed by atoms with E-state index >= 15 is 0 Å². The SMILES string of the molecule is CCCCCC(O)/C=C/[C@H]1CCC(=O)N1CCn1cccn1. The molecule has 0 aromatic carbocycles. The van der Waals surface area contributed by atoms with Gasteiger partial charge >= 0.3 is 0 Å². The number of hydrogen-bond acceptors (Lipinski definition) is 3. The highest BCUT2D eigenvalue weighted by molar-refractivity contribution is 5.79. The van der Waals surface area contributed by atoms with E-state index in [1.54, 1.807) is 6.20 Å². The van der Waals surface area contributed by atoms with Crippen LogP contribution in [0.5, 0.6) is 0 Å². The largest absolute Gasteiger partial charge is 0.389 e. The molecule has 22 heavy (non-hydrogen) atoms. The maximum Gasteiger partial charge on any atom is 0.223 e. The zero-order valence-electron chi connectivity index (χ0n) is 13.4. The molecule has 1 unspecified atom stereocenters. The minimum atomic E-state index is -0.393. The third-order valence-electron chi connectivity index (χ3n) is 4.16. The van der Waals surface area contributed by atoms with Crippen molar-refractivity contribution >= 4 is 5.91 Å². The Kier molecular flexibility index (Phi) is 6.65. The Bertz CT molecular complexity index is 470. The second-order valence-electron chi connectivity index (χ2n) is 5.91. The van der Waals surface area contributed by atoms with Gasteiger partial charge in [-0.15, -0.1) is 0 Å². The first-order chi connectivity index (χ1) is 10.7. The third kappa shape index (κ3) is 4.98. The van der Waals surface area contributed by atoms with Crippen LogP contribution in [0.3, 0.4) is 0 Å². The van der Waals surface area contributed by atoms with Crippen molar-refractivity contribution in [2.75, 3.05) is 6.54 Å². The fourth-order valence-electron chi connectivity index (χ4n) is 2.85. The van der Waals surface area contributed by atoms with E-state index in [9.17, 15) is 9.90 Å². The molecule has 5 heteroatoms. The van der Waals surface area contributed by atoms with Crippen LogP contribution in [0.1, 0.15) is 45.4 Å². The summed E-state index contributed by atoms with van der Waals surface area (Å²) >= 11 is 0. The van der Waals surface area contributed by atoms with E-state index in [0.717, 1.165) is 32.1 Å². The zero-order chi connectivity index (χ0) is 15.8. The van der Waals surface area contributed by atoms with Gasteiger partial charge in [-0.05, 0) is 18.9 Å². The van der Waals surface area contributed by atoms with Crippen LogP contribution in [0.15, 0.2) is 30.6 Å². The number of carbonyl (C=O) groups is 1. The summed E-state index contributed by atoms with van der Waals surface area (Å²) in [5.41, 5.74) is 0. The van der Waals surface area contributed by atoms with Crippen LogP contribution in [0.2, 0.25) is 0 Å². The van der Waals surface area contributed by atoms with E-state index in [0.29, 0.717) is 19.5 Å². The Morgan fingerprint density at radius 2 is 2.32 bits per heavy atom. The second kappa shape index (κ2) is 8.73. The Hall–Kier alpha value is -1.62. The van der Waals surface area contributed by atoms with Gasteiger partial charge in [0.1, 0.15) is 0 Å². The van der Waals surface area contributed by atoms with Crippen LogP contribution >= 0.6 is 0 Å². The van der Waals surface area contributed by atoms with Gasteiger partial charge in [0, 0.05) is 25.4 Å². The molecular formula is C17H27N3O2. The van der Waals surface area contributed by atoms with Gasteiger partial charge in [-0.3, -0.25) is 9.48 Å². The summed E-state index contributed by atoms with van der Waals surface area (Å²) in [4.78, 5) is 13.9. The van der Waals surface area contributed by atoms with Crippen molar-refractivity contribution in [3.8, 4) is 0 Å². The van der Waals surface area contributed by atoms with Gasteiger partial charge in [-0.1, -0.05) is 38.3 Å². The monoisotopic (exact) mass is 305 g/mol. The molecule has 5 nitrogen and oxygen atoms in total. The quantitative estimate of drug-likeness (QED) is 0.563. The number of aliphatic hydroxyl groups excluding tert-OH is 1. The predicted molar refractivity (Wildman–Crippen MR) is 86.3 cm³/mol. The summed E-state index contributed by atoms with van der Waals surface area (Å²) < 4.78 is 1.84. The molecule has 2 atom stereocenters. The number of amides is 1. The molecule has 1 fully saturated rings. The maximum atomic E-state index is 12.0. The number of likely N-dealkylation sites (tertiary alicyclic amines) is 1. The Labute approximate surface area is 132 Å². The van der Waals surface area contributed by atoms with Crippen LogP contribution in [-0.4, -0.2) is 44.4 Å². The summed E-state index contributed by atoms with van der Waals surface area (Å²) in [5.74, 6) is 0.197. The number of aliphatic hydroxyl groups is 1. The summed E-state index contributed by atoms with van der Waals surface area (Å²) in [5, 5.41) is 14.1. The molecule has 1 N–H and O–H groups in total. The van der Waals surface area contributed by atoms with Crippen molar-refractivity contribution in [2.45, 2.75) is 64.1 Å². The van der Waals surface area contributed by atoms with Crippen molar-refractivity contribution in [1.29, 1.82) is 0 Å². The van der Waals surface area contributed by atoms with Gasteiger partial charge in [0.15, 0.2) is 0 Å².